The Hall–Kier alpha value is -0.650. The molecule has 112 valence electrons. The summed E-state index contributed by atoms with van der Waals surface area (Å²) in [5.41, 5.74) is 0.703. The Balaban J connectivity index is 2.26. The van der Waals surface area contributed by atoms with Crippen LogP contribution in [0.5, 0.6) is 0 Å². The van der Waals surface area contributed by atoms with Crippen molar-refractivity contribution >= 4 is 39.3 Å². The summed E-state index contributed by atoms with van der Waals surface area (Å²) in [7, 11) is 0. The summed E-state index contributed by atoms with van der Waals surface area (Å²) < 4.78 is 14.3. The Morgan fingerprint density at radius 3 is 2.52 bits per heavy atom. The SMILES string of the molecule is CC(C)(C)c1nc(CSc2ccccc2F)nc(Cl)c1Br. The predicted molar refractivity (Wildman–Crippen MR) is 89.4 cm³/mol. The van der Waals surface area contributed by atoms with E-state index in [2.05, 4.69) is 46.7 Å². The fraction of sp³-hybridized carbons (Fsp3) is 0.333. The smallest absolute Gasteiger partial charge is 0.147 e. The summed E-state index contributed by atoms with van der Waals surface area (Å²) >= 11 is 11.0. The number of benzene rings is 1. The van der Waals surface area contributed by atoms with Crippen LogP contribution in [0.2, 0.25) is 5.15 Å². The van der Waals surface area contributed by atoms with E-state index in [-0.39, 0.29) is 11.2 Å². The van der Waals surface area contributed by atoms with Gasteiger partial charge in [0.15, 0.2) is 0 Å². The zero-order valence-electron chi connectivity index (χ0n) is 12.0. The molecule has 21 heavy (non-hydrogen) atoms. The van der Waals surface area contributed by atoms with Gasteiger partial charge < -0.3 is 0 Å². The minimum absolute atomic E-state index is 0.150. The first-order chi connectivity index (χ1) is 9.79. The van der Waals surface area contributed by atoms with Gasteiger partial charge in [0.25, 0.3) is 0 Å². The highest BCUT2D eigenvalue weighted by Crippen LogP contribution is 2.33. The molecule has 0 atom stereocenters. The number of aromatic nitrogens is 2. The first kappa shape index (κ1) is 16.7. The van der Waals surface area contributed by atoms with Crippen LogP contribution >= 0.6 is 39.3 Å². The van der Waals surface area contributed by atoms with Crippen LogP contribution in [0.4, 0.5) is 4.39 Å². The lowest BCUT2D eigenvalue weighted by atomic mass is 9.92. The second-order valence-electron chi connectivity index (χ2n) is 5.56. The second kappa shape index (κ2) is 6.63. The van der Waals surface area contributed by atoms with E-state index < -0.39 is 0 Å². The van der Waals surface area contributed by atoms with Gasteiger partial charge in [0, 0.05) is 10.3 Å². The van der Waals surface area contributed by atoms with Gasteiger partial charge in [-0.15, -0.1) is 11.8 Å². The van der Waals surface area contributed by atoms with Gasteiger partial charge in [0.1, 0.15) is 16.8 Å². The van der Waals surface area contributed by atoms with Crippen molar-refractivity contribution in [1.29, 1.82) is 0 Å². The predicted octanol–water partition coefficient (Wildman–Crippen LogP) is 5.62. The van der Waals surface area contributed by atoms with Gasteiger partial charge >= 0.3 is 0 Å². The summed E-state index contributed by atoms with van der Waals surface area (Å²) in [4.78, 5) is 9.40. The van der Waals surface area contributed by atoms with Crippen molar-refractivity contribution < 1.29 is 4.39 Å². The molecule has 6 heteroatoms. The molecule has 0 bridgehead atoms. The van der Waals surface area contributed by atoms with Crippen LogP contribution in [0.25, 0.3) is 0 Å². The van der Waals surface area contributed by atoms with Crippen molar-refractivity contribution in [3.05, 3.63) is 51.2 Å². The zero-order valence-corrected chi connectivity index (χ0v) is 15.1. The molecule has 2 aromatic rings. The van der Waals surface area contributed by atoms with Crippen LogP contribution < -0.4 is 0 Å². The second-order valence-corrected chi connectivity index (χ2v) is 7.73. The van der Waals surface area contributed by atoms with Crippen LogP contribution in [-0.4, -0.2) is 9.97 Å². The van der Waals surface area contributed by atoms with Gasteiger partial charge in [-0.05, 0) is 28.1 Å². The Morgan fingerprint density at radius 1 is 1.24 bits per heavy atom. The van der Waals surface area contributed by atoms with Crippen LogP contribution in [0.15, 0.2) is 33.6 Å². The minimum Gasteiger partial charge on any atom is -0.235 e. The molecule has 0 saturated carbocycles. The molecule has 0 radical (unpaired) electrons. The van der Waals surface area contributed by atoms with Crippen molar-refractivity contribution in [2.45, 2.75) is 36.8 Å². The molecule has 1 aromatic carbocycles. The summed E-state index contributed by atoms with van der Waals surface area (Å²) in [5, 5.41) is 0.388. The van der Waals surface area contributed by atoms with E-state index in [0.29, 0.717) is 21.6 Å². The van der Waals surface area contributed by atoms with E-state index in [1.807, 2.05) is 0 Å². The highest BCUT2D eigenvalue weighted by atomic mass is 79.9. The quantitative estimate of drug-likeness (QED) is 0.503. The molecule has 1 aromatic heterocycles. The number of hydrogen-bond donors (Lipinski definition) is 0. The Kier molecular flexibility index (Phi) is 5.28. The standard InChI is InChI=1S/C15H15BrClFN2S/c1-15(2,3)13-12(16)14(17)20-11(19-13)8-21-10-7-5-4-6-9(10)18/h4-7H,8H2,1-3H3. The summed E-state index contributed by atoms with van der Waals surface area (Å²) in [5.74, 6) is 0.833. The third kappa shape index (κ3) is 4.18. The van der Waals surface area contributed by atoms with Crippen LogP contribution in [0.1, 0.15) is 32.3 Å². The lowest BCUT2D eigenvalue weighted by Gasteiger charge is -2.20. The third-order valence-electron chi connectivity index (χ3n) is 2.76. The summed E-state index contributed by atoms with van der Waals surface area (Å²) in [6.45, 7) is 6.18. The first-order valence-electron chi connectivity index (χ1n) is 6.39. The summed E-state index contributed by atoms with van der Waals surface area (Å²) in [6, 6.07) is 6.66. The van der Waals surface area contributed by atoms with E-state index in [1.54, 1.807) is 18.2 Å². The van der Waals surface area contributed by atoms with Gasteiger partial charge in [0.05, 0.1) is 15.9 Å². The van der Waals surface area contributed by atoms with Gasteiger partial charge in [-0.25, -0.2) is 14.4 Å². The van der Waals surface area contributed by atoms with Gasteiger partial charge in [-0.3, -0.25) is 0 Å². The molecule has 0 aliphatic heterocycles. The number of halogens is 3. The molecule has 0 saturated heterocycles. The third-order valence-corrected chi connectivity index (χ3v) is 5.06. The molecule has 0 aliphatic rings. The molecule has 0 fully saturated rings. The zero-order chi connectivity index (χ0) is 15.6. The minimum atomic E-state index is -0.234. The first-order valence-corrected chi connectivity index (χ1v) is 8.54. The van der Waals surface area contributed by atoms with Gasteiger partial charge in [-0.2, -0.15) is 0 Å². The fourth-order valence-corrected chi connectivity index (χ4v) is 3.48. The van der Waals surface area contributed by atoms with Crippen LogP contribution in [-0.2, 0) is 11.2 Å². The fourth-order valence-electron chi connectivity index (χ4n) is 1.73. The van der Waals surface area contributed by atoms with Crippen molar-refractivity contribution in [2.75, 3.05) is 0 Å². The molecule has 0 aliphatic carbocycles. The molecular weight excluding hydrogens is 375 g/mol. The lowest BCUT2D eigenvalue weighted by molar-refractivity contribution is 0.560. The van der Waals surface area contributed by atoms with Gasteiger partial charge in [-0.1, -0.05) is 44.5 Å². The number of rotatable bonds is 3. The lowest BCUT2D eigenvalue weighted by Crippen LogP contribution is -2.16. The summed E-state index contributed by atoms with van der Waals surface area (Å²) in [6.07, 6.45) is 0. The highest BCUT2D eigenvalue weighted by molar-refractivity contribution is 9.10. The van der Waals surface area contributed by atoms with Crippen molar-refractivity contribution in [1.82, 2.24) is 9.97 Å². The molecule has 0 N–H and O–H groups in total. The Bertz CT molecular complexity index is 659. The molecule has 0 unspecified atom stereocenters. The van der Waals surface area contributed by atoms with Crippen molar-refractivity contribution in [2.24, 2.45) is 0 Å². The van der Waals surface area contributed by atoms with Crippen molar-refractivity contribution in [3.63, 3.8) is 0 Å². The van der Waals surface area contributed by atoms with Gasteiger partial charge in [0.2, 0.25) is 0 Å². The van der Waals surface area contributed by atoms with E-state index in [1.165, 1.54) is 17.8 Å². The number of nitrogens with zero attached hydrogens (tertiary/aromatic N) is 2. The molecule has 0 amide bonds. The average molecular weight is 390 g/mol. The largest absolute Gasteiger partial charge is 0.235 e. The van der Waals surface area contributed by atoms with E-state index >= 15 is 0 Å². The van der Waals surface area contributed by atoms with E-state index in [4.69, 9.17) is 11.6 Å². The Labute approximate surface area is 141 Å². The monoisotopic (exact) mass is 388 g/mol. The van der Waals surface area contributed by atoms with E-state index in [0.717, 1.165) is 10.2 Å². The average Bonchev–Trinajstić information content (AvgIpc) is 2.40. The highest BCUT2D eigenvalue weighted by Gasteiger charge is 2.22. The number of thioether (sulfide) groups is 1. The maximum Gasteiger partial charge on any atom is 0.147 e. The Morgan fingerprint density at radius 2 is 1.90 bits per heavy atom. The molecular formula is C15H15BrClFN2S. The molecule has 1 heterocycles. The van der Waals surface area contributed by atoms with E-state index in [9.17, 15) is 4.39 Å². The normalized spacial score (nSPS) is 11.7. The van der Waals surface area contributed by atoms with Crippen molar-refractivity contribution in [3.8, 4) is 0 Å². The maximum absolute atomic E-state index is 13.6. The molecule has 2 nitrogen and oxygen atoms in total. The maximum atomic E-state index is 13.6. The van der Waals surface area contributed by atoms with Crippen LogP contribution in [0, 0.1) is 5.82 Å². The number of hydrogen-bond acceptors (Lipinski definition) is 3. The molecule has 2 rings (SSSR count). The van der Waals surface area contributed by atoms with Crippen LogP contribution in [0.3, 0.4) is 0 Å². The molecule has 0 spiro atoms. The topological polar surface area (TPSA) is 25.8 Å².